The minimum atomic E-state index is -0.784. The van der Waals surface area contributed by atoms with Gasteiger partial charge in [0.25, 0.3) is 0 Å². The van der Waals surface area contributed by atoms with Crippen LogP contribution in [0.4, 0.5) is 0 Å². The van der Waals surface area contributed by atoms with Crippen molar-refractivity contribution in [2.24, 2.45) is 5.73 Å². The number of hydrogen-bond donors (Lipinski definition) is 2. The summed E-state index contributed by atoms with van der Waals surface area (Å²) in [6.45, 7) is 5.34. The van der Waals surface area contributed by atoms with Crippen molar-refractivity contribution in [3.05, 3.63) is 0 Å². The number of aliphatic hydroxyl groups excluding tert-OH is 1. The maximum Gasteiger partial charge on any atom is 0.110 e. The van der Waals surface area contributed by atoms with E-state index >= 15 is 0 Å². The summed E-state index contributed by atoms with van der Waals surface area (Å²) < 4.78 is 0. The molecule has 4 heteroatoms. The van der Waals surface area contributed by atoms with E-state index < -0.39 is 5.54 Å². The van der Waals surface area contributed by atoms with Crippen molar-refractivity contribution in [2.75, 3.05) is 5.75 Å². The van der Waals surface area contributed by atoms with E-state index in [2.05, 4.69) is 0 Å². The second-order valence-electron chi connectivity index (χ2n) is 3.29. The van der Waals surface area contributed by atoms with Gasteiger partial charge < -0.3 is 10.8 Å². The molecule has 3 N–H and O–H groups in total. The van der Waals surface area contributed by atoms with Crippen LogP contribution in [-0.4, -0.2) is 27.8 Å². The van der Waals surface area contributed by atoms with Crippen molar-refractivity contribution < 1.29 is 5.11 Å². The Kier molecular flexibility index (Phi) is 4.61. The number of hydrogen-bond acceptors (Lipinski definition) is 4. The quantitative estimate of drug-likeness (QED) is 0.682. The molecule has 0 aromatic heterocycles. The number of thioether (sulfide) groups is 1. The van der Waals surface area contributed by atoms with Crippen LogP contribution in [-0.2, 0) is 0 Å². The number of aliphatic hydroxyl groups is 1. The van der Waals surface area contributed by atoms with Gasteiger partial charge in [-0.3, -0.25) is 0 Å². The topological polar surface area (TPSA) is 70.0 Å². The Labute approximate surface area is 77.9 Å². The van der Waals surface area contributed by atoms with Gasteiger partial charge in [-0.15, -0.1) is 0 Å². The predicted molar refractivity (Wildman–Crippen MR) is 51.8 cm³/mol. The average molecular weight is 188 g/mol. The molecule has 0 rings (SSSR count). The molecule has 3 atom stereocenters. The van der Waals surface area contributed by atoms with E-state index in [-0.39, 0.29) is 11.4 Å². The van der Waals surface area contributed by atoms with E-state index in [1.54, 1.807) is 13.8 Å². The van der Waals surface area contributed by atoms with E-state index in [4.69, 9.17) is 16.1 Å². The monoisotopic (exact) mass is 188 g/mol. The minimum Gasteiger partial charge on any atom is -0.392 e. The summed E-state index contributed by atoms with van der Waals surface area (Å²) in [6, 6.07) is 2.01. The minimum absolute atomic E-state index is 0.126. The molecule has 0 radical (unpaired) electrons. The Morgan fingerprint density at radius 2 is 2.17 bits per heavy atom. The largest absolute Gasteiger partial charge is 0.392 e. The van der Waals surface area contributed by atoms with Gasteiger partial charge in [0.15, 0.2) is 0 Å². The van der Waals surface area contributed by atoms with Gasteiger partial charge in [0.05, 0.1) is 12.2 Å². The van der Waals surface area contributed by atoms with E-state index in [1.165, 1.54) is 11.8 Å². The molecule has 12 heavy (non-hydrogen) atoms. The average Bonchev–Trinajstić information content (AvgIpc) is 2.00. The molecule has 0 aromatic carbocycles. The smallest absolute Gasteiger partial charge is 0.110 e. The molecule has 0 aromatic rings. The first-order valence-electron chi connectivity index (χ1n) is 3.89. The van der Waals surface area contributed by atoms with Crippen LogP contribution in [0.15, 0.2) is 0 Å². The molecule has 0 aliphatic rings. The van der Waals surface area contributed by atoms with Crippen LogP contribution in [0.1, 0.15) is 20.8 Å². The molecule has 0 aliphatic heterocycles. The van der Waals surface area contributed by atoms with Crippen molar-refractivity contribution in [1.82, 2.24) is 0 Å². The summed E-state index contributed by atoms with van der Waals surface area (Å²) in [6.07, 6.45) is -0.357. The molecule has 70 valence electrons. The molecule has 0 saturated carbocycles. The Bertz CT molecular complexity index is 174. The maximum atomic E-state index is 9.15. The third-order valence-corrected chi connectivity index (χ3v) is 3.27. The molecular weight excluding hydrogens is 172 g/mol. The number of rotatable bonds is 4. The molecule has 0 heterocycles. The highest BCUT2D eigenvalue weighted by atomic mass is 32.2. The first-order valence-corrected chi connectivity index (χ1v) is 4.94. The van der Waals surface area contributed by atoms with Gasteiger partial charge in [-0.05, 0) is 13.8 Å². The fraction of sp³-hybridized carbons (Fsp3) is 0.875. The van der Waals surface area contributed by atoms with Crippen LogP contribution in [0.2, 0.25) is 0 Å². The highest BCUT2D eigenvalue weighted by Crippen LogP contribution is 2.18. The van der Waals surface area contributed by atoms with Crippen molar-refractivity contribution in [1.29, 1.82) is 5.26 Å². The lowest BCUT2D eigenvalue weighted by molar-refractivity contribution is 0.196. The van der Waals surface area contributed by atoms with E-state index in [0.717, 1.165) is 0 Å². The van der Waals surface area contributed by atoms with Crippen LogP contribution >= 0.6 is 11.8 Å². The van der Waals surface area contributed by atoms with Gasteiger partial charge in [-0.2, -0.15) is 17.0 Å². The second kappa shape index (κ2) is 4.70. The highest BCUT2D eigenvalue weighted by molar-refractivity contribution is 8.00. The number of nitrogens with zero attached hydrogens (tertiary/aromatic N) is 1. The van der Waals surface area contributed by atoms with Crippen molar-refractivity contribution >= 4 is 11.8 Å². The van der Waals surface area contributed by atoms with Crippen LogP contribution in [0, 0.1) is 11.3 Å². The van der Waals surface area contributed by atoms with Crippen LogP contribution < -0.4 is 5.73 Å². The molecule has 0 bridgehead atoms. The fourth-order valence-corrected chi connectivity index (χ4v) is 1.43. The predicted octanol–water partition coefficient (Wildman–Crippen LogP) is 0.730. The number of nitrogens with two attached hydrogens (primary N) is 1. The van der Waals surface area contributed by atoms with E-state index in [0.29, 0.717) is 5.75 Å². The summed E-state index contributed by atoms with van der Waals surface area (Å²) in [5, 5.41) is 17.9. The van der Waals surface area contributed by atoms with Crippen LogP contribution in [0.5, 0.6) is 0 Å². The van der Waals surface area contributed by atoms with Crippen molar-refractivity contribution in [3.8, 4) is 6.07 Å². The summed E-state index contributed by atoms with van der Waals surface area (Å²) in [5.74, 6) is 0.551. The Balaban J connectivity index is 3.77. The van der Waals surface area contributed by atoms with E-state index in [9.17, 15) is 0 Å². The molecule has 3 nitrogen and oxygen atoms in total. The lowest BCUT2D eigenvalue weighted by Crippen LogP contribution is -2.38. The summed E-state index contributed by atoms with van der Waals surface area (Å²) in [7, 11) is 0. The molecule has 0 aliphatic carbocycles. The second-order valence-corrected chi connectivity index (χ2v) is 4.65. The van der Waals surface area contributed by atoms with Gasteiger partial charge >= 0.3 is 0 Å². The Hall–Kier alpha value is -0.240. The van der Waals surface area contributed by atoms with Gasteiger partial charge in [-0.25, -0.2) is 0 Å². The number of nitriles is 1. The zero-order valence-corrected chi connectivity index (χ0v) is 8.56. The third-order valence-electron chi connectivity index (χ3n) is 1.58. The van der Waals surface area contributed by atoms with Crippen molar-refractivity contribution in [3.63, 3.8) is 0 Å². The van der Waals surface area contributed by atoms with Crippen LogP contribution in [0.25, 0.3) is 0 Å². The zero-order chi connectivity index (χ0) is 9.78. The fourth-order valence-electron chi connectivity index (χ4n) is 0.476. The molecule has 0 saturated heterocycles. The lowest BCUT2D eigenvalue weighted by Gasteiger charge is -2.19. The highest BCUT2D eigenvalue weighted by Gasteiger charge is 2.20. The Morgan fingerprint density at radius 3 is 2.50 bits per heavy atom. The molecule has 3 unspecified atom stereocenters. The maximum absolute atomic E-state index is 9.15. The van der Waals surface area contributed by atoms with Gasteiger partial charge in [-0.1, -0.05) is 6.92 Å². The zero-order valence-electron chi connectivity index (χ0n) is 7.74. The van der Waals surface area contributed by atoms with Gasteiger partial charge in [0.2, 0.25) is 0 Å². The van der Waals surface area contributed by atoms with Crippen molar-refractivity contribution in [2.45, 2.75) is 37.7 Å². The lowest BCUT2D eigenvalue weighted by atomic mass is 10.1. The SMILES string of the molecule is CC(O)C(C)SCC(C)(N)C#N. The summed E-state index contributed by atoms with van der Waals surface area (Å²) >= 11 is 1.52. The van der Waals surface area contributed by atoms with Gasteiger partial charge in [0, 0.05) is 11.0 Å². The normalized spacial score (nSPS) is 20.7. The first-order chi connectivity index (χ1) is 5.39. The Morgan fingerprint density at radius 1 is 1.67 bits per heavy atom. The third kappa shape index (κ3) is 4.60. The first kappa shape index (κ1) is 11.8. The molecule has 0 fully saturated rings. The standard InChI is InChI=1S/C8H16N2OS/c1-6(11)7(2)12-5-8(3,10)4-9/h6-7,11H,5,10H2,1-3H3. The summed E-state index contributed by atoms with van der Waals surface area (Å²) in [5.41, 5.74) is 4.82. The van der Waals surface area contributed by atoms with E-state index in [1.807, 2.05) is 13.0 Å². The molecule has 0 amide bonds. The summed E-state index contributed by atoms with van der Waals surface area (Å²) in [4.78, 5) is 0. The molecular formula is C8H16N2OS. The molecule has 0 spiro atoms. The van der Waals surface area contributed by atoms with Crippen LogP contribution in [0.3, 0.4) is 0 Å². The van der Waals surface area contributed by atoms with Gasteiger partial charge in [0.1, 0.15) is 5.54 Å².